The molecule has 0 aromatic carbocycles. The number of carbonyl (C=O) groups excluding carboxylic acids is 1. The molecule has 0 spiro atoms. The van der Waals surface area contributed by atoms with Gasteiger partial charge in [0.25, 0.3) is 0 Å². The Hall–Kier alpha value is -1.04. The lowest BCUT2D eigenvalue weighted by molar-refractivity contribution is -0.186. The first kappa shape index (κ1) is 19.0. The molecule has 5 nitrogen and oxygen atoms in total. The molecule has 0 bridgehead atoms. The highest BCUT2D eigenvalue weighted by atomic mass is 32.2. The fourth-order valence-electron chi connectivity index (χ4n) is 2.00. The fraction of sp³-hybridized carbons (Fsp3) is 0.900. The Labute approximate surface area is 122 Å². The van der Waals surface area contributed by atoms with E-state index in [1.54, 1.807) is 0 Å². The molecule has 1 fully saturated rings. The number of alkyl halides is 6. The van der Waals surface area contributed by atoms with Crippen LogP contribution in [0.2, 0.25) is 0 Å². The molecule has 130 valence electrons. The maximum atomic E-state index is 12.2. The van der Waals surface area contributed by atoms with Crippen LogP contribution in [0.25, 0.3) is 0 Å². The van der Waals surface area contributed by atoms with Gasteiger partial charge >= 0.3 is 27.7 Å². The number of hydrogen-bond acceptors (Lipinski definition) is 4. The zero-order chi connectivity index (χ0) is 17.2. The van der Waals surface area contributed by atoms with Crippen LogP contribution >= 0.6 is 0 Å². The summed E-state index contributed by atoms with van der Waals surface area (Å²) in [6.07, 6.45) is -4.74. The summed E-state index contributed by atoms with van der Waals surface area (Å²) in [6, 6.07) is 0. The van der Waals surface area contributed by atoms with E-state index in [9.17, 15) is 39.6 Å². The zero-order valence-corrected chi connectivity index (χ0v) is 11.9. The van der Waals surface area contributed by atoms with Gasteiger partial charge in [0.2, 0.25) is 0 Å². The first-order chi connectivity index (χ1) is 9.84. The minimum Gasteiger partial charge on any atom is -0.335 e. The van der Waals surface area contributed by atoms with Gasteiger partial charge in [0.05, 0.1) is 6.61 Å². The molecule has 1 heterocycles. The fourth-order valence-corrected chi connectivity index (χ4v) is 2.44. The Morgan fingerprint density at radius 2 is 1.59 bits per heavy atom. The summed E-state index contributed by atoms with van der Waals surface area (Å²) in [5.41, 5.74) is -5.50. The minimum atomic E-state index is -5.66. The average molecular weight is 357 g/mol. The lowest BCUT2D eigenvalue weighted by Crippen LogP contribution is -2.45. The number of likely N-dealkylation sites (tertiary alicyclic amines) is 1. The van der Waals surface area contributed by atoms with Crippen molar-refractivity contribution in [2.45, 2.75) is 30.9 Å². The van der Waals surface area contributed by atoms with Gasteiger partial charge in [-0.05, 0) is 25.2 Å². The van der Waals surface area contributed by atoms with E-state index in [0.29, 0.717) is 4.90 Å². The smallest absolute Gasteiger partial charge is 0.335 e. The van der Waals surface area contributed by atoms with Crippen molar-refractivity contribution in [2.24, 2.45) is 5.92 Å². The Morgan fingerprint density at radius 1 is 1.09 bits per heavy atom. The van der Waals surface area contributed by atoms with Gasteiger partial charge < -0.3 is 4.90 Å². The van der Waals surface area contributed by atoms with E-state index >= 15 is 0 Å². The first-order valence-electron chi connectivity index (χ1n) is 6.16. The summed E-state index contributed by atoms with van der Waals surface area (Å²) in [6.45, 7) is -1.08. The third-order valence-corrected chi connectivity index (χ3v) is 4.24. The molecule has 0 aliphatic carbocycles. The number of amides is 1. The molecule has 1 amide bonds. The van der Waals surface area contributed by atoms with Crippen molar-refractivity contribution in [3.63, 3.8) is 0 Å². The van der Waals surface area contributed by atoms with Crippen LogP contribution in [0.5, 0.6) is 0 Å². The highest BCUT2D eigenvalue weighted by Gasteiger charge is 2.47. The Morgan fingerprint density at radius 3 is 2.00 bits per heavy atom. The predicted octanol–water partition coefficient (Wildman–Crippen LogP) is 2.04. The van der Waals surface area contributed by atoms with E-state index in [1.165, 1.54) is 0 Å². The van der Waals surface area contributed by atoms with Crippen LogP contribution in [-0.4, -0.2) is 50.6 Å². The van der Waals surface area contributed by atoms with Gasteiger partial charge in [0.15, 0.2) is 0 Å². The maximum Gasteiger partial charge on any atom is 0.523 e. The highest BCUT2D eigenvalue weighted by Crippen LogP contribution is 2.27. The van der Waals surface area contributed by atoms with Crippen LogP contribution in [-0.2, 0) is 19.1 Å². The summed E-state index contributed by atoms with van der Waals surface area (Å²) >= 11 is 0. The second kappa shape index (κ2) is 6.60. The van der Waals surface area contributed by atoms with Crippen molar-refractivity contribution in [2.75, 3.05) is 19.7 Å². The van der Waals surface area contributed by atoms with Crippen LogP contribution in [0.4, 0.5) is 26.3 Å². The van der Waals surface area contributed by atoms with Crippen molar-refractivity contribution in [1.29, 1.82) is 0 Å². The molecule has 0 aromatic heterocycles. The number of nitrogens with zero attached hydrogens (tertiary/aromatic N) is 1. The van der Waals surface area contributed by atoms with Crippen molar-refractivity contribution < 1.29 is 43.7 Å². The molecule has 22 heavy (non-hydrogen) atoms. The van der Waals surface area contributed by atoms with Crippen LogP contribution in [0.3, 0.4) is 0 Å². The first-order valence-corrected chi connectivity index (χ1v) is 7.57. The molecule has 0 unspecified atom stereocenters. The summed E-state index contributed by atoms with van der Waals surface area (Å²) < 4.78 is 97.6. The van der Waals surface area contributed by atoms with E-state index in [4.69, 9.17) is 0 Å². The van der Waals surface area contributed by atoms with Crippen LogP contribution in [0.1, 0.15) is 19.3 Å². The zero-order valence-electron chi connectivity index (χ0n) is 11.1. The predicted molar refractivity (Wildman–Crippen MR) is 60.9 cm³/mol. The molecule has 0 aromatic rings. The van der Waals surface area contributed by atoms with E-state index in [1.807, 2.05) is 0 Å². The van der Waals surface area contributed by atoms with E-state index in [0.717, 1.165) is 0 Å². The largest absolute Gasteiger partial charge is 0.523 e. The molecule has 12 heteroatoms. The minimum absolute atomic E-state index is 0.0522. The van der Waals surface area contributed by atoms with Crippen molar-refractivity contribution in [3.8, 4) is 0 Å². The Bertz CT molecular complexity index is 493. The summed E-state index contributed by atoms with van der Waals surface area (Å²) in [7, 11) is -5.66. The SMILES string of the molecule is O=C(N1CCC(CCOS(=O)(=O)C(F)(F)F)CC1)C(F)(F)F. The van der Waals surface area contributed by atoms with Crippen LogP contribution in [0.15, 0.2) is 0 Å². The lowest BCUT2D eigenvalue weighted by atomic mass is 9.94. The van der Waals surface area contributed by atoms with Gasteiger partial charge in [-0.3, -0.25) is 8.98 Å². The molecule has 0 radical (unpaired) electrons. The third kappa shape index (κ3) is 5.00. The molecule has 1 rings (SSSR count). The summed E-state index contributed by atoms with van der Waals surface area (Å²) in [4.78, 5) is 11.6. The van der Waals surface area contributed by atoms with E-state index < -0.39 is 34.3 Å². The van der Waals surface area contributed by atoms with E-state index in [2.05, 4.69) is 4.18 Å². The van der Waals surface area contributed by atoms with E-state index in [-0.39, 0.29) is 38.3 Å². The van der Waals surface area contributed by atoms with Gasteiger partial charge in [-0.25, -0.2) is 0 Å². The van der Waals surface area contributed by atoms with Gasteiger partial charge in [-0.1, -0.05) is 0 Å². The molecule has 0 saturated carbocycles. The van der Waals surface area contributed by atoms with Crippen molar-refractivity contribution in [1.82, 2.24) is 4.90 Å². The summed E-state index contributed by atoms with van der Waals surface area (Å²) in [5.74, 6) is -2.26. The van der Waals surface area contributed by atoms with Gasteiger partial charge in [-0.15, -0.1) is 0 Å². The molecule has 1 aliphatic rings. The number of hydrogen-bond donors (Lipinski definition) is 0. The molecule has 0 N–H and O–H groups in total. The molecular weight excluding hydrogens is 344 g/mol. The number of piperidine rings is 1. The molecule has 1 saturated heterocycles. The second-order valence-corrected chi connectivity index (χ2v) is 6.35. The lowest BCUT2D eigenvalue weighted by Gasteiger charge is -2.32. The highest BCUT2D eigenvalue weighted by molar-refractivity contribution is 7.87. The molecular formula is C10H13F6NO4S. The second-order valence-electron chi connectivity index (χ2n) is 4.74. The van der Waals surface area contributed by atoms with Gasteiger partial charge in [0, 0.05) is 13.1 Å². The van der Waals surface area contributed by atoms with Gasteiger partial charge in [-0.2, -0.15) is 34.8 Å². The Balaban J connectivity index is 2.37. The Kier molecular flexibility index (Phi) is 5.71. The van der Waals surface area contributed by atoms with Crippen LogP contribution in [0, 0.1) is 5.92 Å². The van der Waals surface area contributed by atoms with Crippen molar-refractivity contribution >= 4 is 16.0 Å². The topological polar surface area (TPSA) is 63.7 Å². The molecule has 0 atom stereocenters. The monoisotopic (exact) mass is 357 g/mol. The van der Waals surface area contributed by atoms with Crippen LogP contribution < -0.4 is 0 Å². The third-order valence-electron chi connectivity index (χ3n) is 3.19. The normalized spacial score (nSPS) is 18.5. The van der Waals surface area contributed by atoms with Crippen molar-refractivity contribution in [3.05, 3.63) is 0 Å². The number of carbonyl (C=O) groups is 1. The molecule has 1 aliphatic heterocycles. The van der Waals surface area contributed by atoms with Gasteiger partial charge in [0.1, 0.15) is 0 Å². The summed E-state index contributed by atoms with van der Waals surface area (Å²) in [5, 5.41) is 0. The number of rotatable bonds is 4. The maximum absolute atomic E-state index is 12.2. The quantitative estimate of drug-likeness (QED) is 0.439. The average Bonchev–Trinajstić information content (AvgIpc) is 2.36. The standard InChI is InChI=1S/C10H13F6NO4S/c11-9(12,13)8(18)17-4-1-7(2-5-17)3-6-21-22(19,20)10(14,15)16/h7H,1-6H2. The number of halogens is 6.